The molecule has 4 aromatic rings. The third-order valence-electron chi connectivity index (χ3n) is 7.13. The van der Waals surface area contributed by atoms with Crippen LogP contribution in [0, 0.1) is 6.92 Å². The number of hydrogen-bond acceptors (Lipinski definition) is 10. The van der Waals surface area contributed by atoms with Crippen LogP contribution in [0.15, 0.2) is 74.0 Å². The summed E-state index contributed by atoms with van der Waals surface area (Å²) in [7, 11) is 2.89. The molecule has 0 saturated carbocycles. The lowest BCUT2D eigenvalue weighted by molar-refractivity contribution is -0.139. The van der Waals surface area contributed by atoms with Gasteiger partial charge in [-0.1, -0.05) is 23.5 Å². The van der Waals surface area contributed by atoms with E-state index in [1.54, 1.807) is 69.5 Å². The van der Waals surface area contributed by atoms with Gasteiger partial charge in [-0.15, -0.1) is 0 Å². The summed E-state index contributed by atoms with van der Waals surface area (Å²) in [5.41, 5.74) is 3.12. The van der Waals surface area contributed by atoms with Gasteiger partial charge < -0.3 is 23.4 Å². The number of aromatic nitrogens is 1. The minimum atomic E-state index is -0.805. The zero-order valence-corrected chi connectivity index (χ0v) is 26.1. The minimum Gasteiger partial charge on any atom is -0.493 e. The van der Waals surface area contributed by atoms with Crippen LogP contribution in [0.1, 0.15) is 54.1 Å². The van der Waals surface area contributed by atoms with Crippen LogP contribution in [0.25, 0.3) is 17.4 Å². The minimum absolute atomic E-state index is 0.172. The van der Waals surface area contributed by atoms with Crippen molar-refractivity contribution in [3.8, 4) is 22.8 Å². The molecule has 0 saturated heterocycles. The fraction of sp³-hybridized carbons (Fsp3) is 0.273. The third kappa shape index (κ3) is 5.70. The molecule has 0 unspecified atom stereocenters. The number of esters is 2. The normalized spacial score (nSPS) is 14.6. The van der Waals surface area contributed by atoms with Crippen molar-refractivity contribution in [1.82, 2.24) is 4.57 Å². The predicted molar refractivity (Wildman–Crippen MR) is 165 cm³/mol. The van der Waals surface area contributed by atoms with E-state index in [1.165, 1.54) is 23.0 Å². The first-order chi connectivity index (χ1) is 21.2. The number of nitrogens with zero attached hydrogens (tertiary/aromatic N) is 2. The van der Waals surface area contributed by atoms with E-state index >= 15 is 0 Å². The van der Waals surface area contributed by atoms with Crippen LogP contribution in [0.2, 0.25) is 0 Å². The van der Waals surface area contributed by atoms with Crippen LogP contribution in [-0.4, -0.2) is 43.9 Å². The molecule has 0 bridgehead atoms. The molecule has 1 atom stereocenters. The molecule has 3 heterocycles. The van der Waals surface area contributed by atoms with Gasteiger partial charge in [0.2, 0.25) is 0 Å². The molecule has 1 aliphatic heterocycles. The predicted octanol–water partition coefficient (Wildman–Crippen LogP) is 4.56. The molecule has 5 rings (SSSR count). The Bertz CT molecular complexity index is 1960. The molecule has 2 aromatic heterocycles. The molecule has 0 amide bonds. The van der Waals surface area contributed by atoms with E-state index in [0.717, 1.165) is 11.1 Å². The molecule has 0 aliphatic carbocycles. The molecule has 0 radical (unpaired) electrons. The monoisotopic (exact) mass is 616 g/mol. The average Bonchev–Trinajstić information content (AvgIpc) is 3.59. The average molecular weight is 617 g/mol. The quantitative estimate of drug-likeness (QED) is 0.251. The van der Waals surface area contributed by atoms with Gasteiger partial charge in [0.25, 0.3) is 5.56 Å². The summed E-state index contributed by atoms with van der Waals surface area (Å²) >= 11 is 1.20. The molecule has 10 nitrogen and oxygen atoms in total. The van der Waals surface area contributed by atoms with E-state index in [2.05, 4.69) is 4.99 Å². The molecule has 44 heavy (non-hydrogen) atoms. The smallest absolute Gasteiger partial charge is 0.338 e. The first-order valence-corrected chi connectivity index (χ1v) is 14.8. The number of carbonyl (C=O) groups is 2. The maximum Gasteiger partial charge on any atom is 0.338 e. The number of furan rings is 1. The van der Waals surface area contributed by atoms with Gasteiger partial charge in [0, 0.05) is 11.6 Å². The molecule has 0 fully saturated rings. The molecular formula is C33H32N2O8S. The molecule has 0 N–H and O–H groups in total. The fourth-order valence-corrected chi connectivity index (χ4v) is 6.15. The summed E-state index contributed by atoms with van der Waals surface area (Å²) in [6, 6.07) is 13.3. The number of benzene rings is 2. The highest BCUT2D eigenvalue weighted by Crippen LogP contribution is 2.36. The molecule has 0 spiro atoms. The summed E-state index contributed by atoms with van der Waals surface area (Å²) in [5, 5.41) is 0. The van der Waals surface area contributed by atoms with Gasteiger partial charge in [-0.05, 0) is 75.2 Å². The molecule has 228 valence electrons. The lowest BCUT2D eigenvalue weighted by atomic mass is 9.95. The van der Waals surface area contributed by atoms with Gasteiger partial charge in [0.15, 0.2) is 16.3 Å². The highest BCUT2D eigenvalue weighted by molar-refractivity contribution is 7.07. The number of aryl methyl sites for hydroxylation is 1. The van der Waals surface area contributed by atoms with Crippen molar-refractivity contribution in [2.75, 3.05) is 27.4 Å². The summed E-state index contributed by atoms with van der Waals surface area (Å²) < 4.78 is 29.4. The van der Waals surface area contributed by atoms with Crippen molar-refractivity contribution in [2.24, 2.45) is 4.99 Å². The van der Waals surface area contributed by atoms with E-state index in [4.69, 9.17) is 23.4 Å². The summed E-state index contributed by atoms with van der Waals surface area (Å²) in [6.07, 6.45) is 1.66. The van der Waals surface area contributed by atoms with Gasteiger partial charge >= 0.3 is 11.9 Å². The highest BCUT2D eigenvalue weighted by Gasteiger charge is 2.34. The van der Waals surface area contributed by atoms with Crippen molar-refractivity contribution < 1.29 is 33.0 Å². The van der Waals surface area contributed by atoms with Crippen molar-refractivity contribution in [3.63, 3.8) is 0 Å². The summed E-state index contributed by atoms with van der Waals surface area (Å²) in [4.78, 5) is 44.2. The SMILES string of the molecule is CCOC(=O)C1=C(C)N=c2s/c(=C/c3ccc(-c4ccc(C(=O)OC)cc4C)o3)c(=O)n2[C@H]1c1ccc(OC)c(OCC)c1. The van der Waals surface area contributed by atoms with E-state index in [9.17, 15) is 14.4 Å². The second-order valence-electron chi connectivity index (χ2n) is 9.87. The maximum absolute atomic E-state index is 14.0. The number of carbonyl (C=O) groups excluding carboxylic acids is 2. The summed E-state index contributed by atoms with van der Waals surface area (Å²) in [6.45, 7) is 7.78. The topological polar surface area (TPSA) is 119 Å². The van der Waals surface area contributed by atoms with E-state index in [1.807, 2.05) is 19.9 Å². The Labute approximate surface area is 257 Å². The van der Waals surface area contributed by atoms with Gasteiger partial charge in [0.05, 0.1) is 54.8 Å². The van der Waals surface area contributed by atoms with Crippen molar-refractivity contribution in [1.29, 1.82) is 0 Å². The van der Waals surface area contributed by atoms with Crippen molar-refractivity contribution in [2.45, 2.75) is 33.7 Å². The van der Waals surface area contributed by atoms with Gasteiger partial charge in [-0.25, -0.2) is 14.6 Å². The highest BCUT2D eigenvalue weighted by atomic mass is 32.1. The molecule has 2 aromatic carbocycles. The van der Waals surface area contributed by atoms with Gasteiger partial charge in [-0.3, -0.25) is 9.36 Å². The van der Waals surface area contributed by atoms with Crippen LogP contribution >= 0.6 is 11.3 Å². The number of fused-ring (bicyclic) bond motifs is 1. The number of ether oxygens (including phenoxy) is 4. The van der Waals surface area contributed by atoms with E-state index in [0.29, 0.717) is 55.8 Å². The standard InChI is InChI=1S/C33H32N2O8S/c1-7-41-26-16-20(10-13-25(26)39-5)29-28(32(38)42-8-2)19(4)34-33-35(29)30(36)27(44-33)17-22-11-14-24(43-22)23-12-9-21(15-18(23)3)31(37)40-6/h9-17,29H,7-8H2,1-6H3/b27-17+/t29-/m0/s1. The summed E-state index contributed by atoms with van der Waals surface area (Å²) in [5.74, 6) is 1.10. The first kappa shape index (κ1) is 30.6. The number of allylic oxidation sites excluding steroid dienone is 1. The van der Waals surface area contributed by atoms with Crippen LogP contribution in [0.4, 0.5) is 0 Å². The third-order valence-corrected chi connectivity index (χ3v) is 8.12. The second-order valence-corrected chi connectivity index (χ2v) is 10.9. The van der Waals surface area contributed by atoms with Gasteiger partial charge in [-0.2, -0.15) is 0 Å². The molecule has 1 aliphatic rings. The number of thiazole rings is 1. The lowest BCUT2D eigenvalue weighted by Crippen LogP contribution is -2.39. The zero-order chi connectivity index (χ0) is 31.5. The molecular weight excluding hydrogens is 584 g/mol. The Kier molecular flexibility index (Phi) is 8.86. The van der Waals surface area contributed by atoms with Gasteiger partial charge in [0.1, 0.15) is 11.5 Å². The van der Waals surface area contributed by atoms with Crippen LogP contribution in [0.5, 0.6) is 11.5 Å². The number of rotatable bonds is 9. The second kappa shape index (κ2) is 12.8. The van der Waals surface area contributed by atoms with E-state index < -0.39 is 18.0 Å². The zero-order valence-electron chi connectivity index (χ0n) is 25.3. The van der Waals surface area contributed by atoms with Crippen molar-refractivity contribution >= 4 is 29.4 Å². The Morgan fingerprint density at radius 3 is 2.48 bits per heavy atom. The Morgan fingerprint density at radius 2 is 1.80 bits per heavy atom. The van der Waals surface area contributed by atoms with Crippen LogP contribution in [0.3, 0.4) is 0 Å². The maximum atomic E-state index is 14.0. The first-order valence-electron chi connectivity index (χ1n) is 14.0. The largest absolute Gasteiger partial charge is 0.493 e. The Morgan fingerprint density at radius 1 is 1.00 bits per heavy atom. The van der Waals surface area contributed by atoms with Crippen LogP contribution < -0.4 is 24.4 Å². The van der Waals surface area contributed by atoms with Crippen LogP contribution in [-0.2, 0) is 14.3 Å². The number of methoxy groups -OCH3 is 2. The van der Waals surface area contributed by atoms with E-state index in [-0.39, 0.29) is 17.7 Å². The number of hydrogen-bond donors (Lipinski definition) is 0. The Balaban J connectivity index is 1.61. The lowest BCUT2D eigenvalue weighted by Gasteiger charge is -2.25. The fourth-order valence-electron chi connectivity index (χ4n) is 5.13. The molecule has 11 heteroatoms. The Hall–Kier alpha value is -4.90. The van der Waals surface area contributed by atoms with Crippen molar-refractivity contribution in [3.05, 3.63) is 102 Å².